The fourth-order valence-electron chi connectivity index (χ4n) is 2.00. The summed E-state index contributed by atoms with van der Waals surface area (Å²) in [6, 6.07) is 0. The molecule has 23 heavy (non-hydrogen) atoms. The number of carbonyl (C=O) groups excluding carboxylic acids is 1. The third-order valence-electron chi connectivity index (χ3n) is 3.32. The maximum atomic E-state index is 11.4. The Kier molecular flexibility index (Phi) is 16.1. The smallest absolute Gasteiger partial charge is 0.310 e. The molecule has 0 amide bonds. The van der Waals surface area contributed by atoms with E-state index in [1.807, 2.05) is 20.8 Å². The fourth-order valence-corrected chi connectivity index (χ4v) is 2.00. The van der Waals surface area contributed by atoms with Crippen LogP contribution in [0.3, 0.4) is 0 Å². The van der Waals surface area contributed by atoms with Crippen molar-refractivity contribution in [3.63, 3.8) is 0 Å². The fraction of sp³-hybridized carbons (Fsp3) is 0.875. The van der Waals surface area contributed by atoms with Gasteiger partial charge in [-0.25, -0.2) is 0 Å². The van der Waals surface area contributed by atoms with Gasteiger partial charge in [0.05, 0.1) is 25.7 Å². The lowest BCUT2D eigenvalue weighted by Gasteiger charge is -2.21. The first-order valence-electron chi connectivity index (χ1n) is 8.17. The first kappa shape index (κ1) is 24.7. The molecule has 0 rings (SSSR count). The number of methoxy groups -OCH3 is 1. The number of hydrogen-bond acceptors (Lipinski definition) is 4. The van der Waals surface area contributed by atoms with Crippen molar-refractivity contribution in [3.8, 4) is 0 Å². The van der Waals surface area contributed by atoms with Crippen LogP contribution in [0.15, 0.2) is 4.99 Å². The molecule has 0 aliphatic rings. The van der Waals surface area contributed by atoms with Gasteiger partial charge in [0.2, 0.25) is 0 Å². The summed E-state index contributed by atoms with van der Waals surface area (Å²) in [6.45, 7) is 12.9. The Morgan fingerprint density at radius 2 is 1.83 bits per heavy atom. The van der Waals surface area contributed by atoms with Gasteiger partial charge in [-0.2, -0.15) is 0 Å². The van der Waals surface area contributed by atoms with Gasteiger partial charge in [0.25, 0.3) is 0 Å². The second-order valence-corrected chi connectivity index (χ2v) is 5.60. The van der Waals surface area contributed by atoms with Crippen LogP contribution in [0.2, 0.25) is 0 Å². The normalized spacial score (nSPS) is 14.0. The predicted octanol–water partition coefficient (Wildman–Crippen LogP) is 2.42. The van der Waals surface area contributed by atoms with Gasteiger partial charge < -0.3 is 20.1 Å². The van der Waals surface area contributed by atoms with Gasteiger partial charge in [-0.05, 0) is 26.2 Å². The van der Waals surface area contributed by atoms with Crippen LogP contribution in [0.4, 0.5) is 0 Å². The van der Waals surface area contributed by atoms with E-state index in [2.05, 4.69) is 29.5 Å². The van der Waals surface area contributed by atoms with Crippen molar-refractivity contribution >= 4 is 35.9 Å². The van der Waals surface area contributed by atoms with Crippen LogP contribution in [-0.2, 0) is 14.3 Å². The van der Waals surface area contributed by atoms with E-state index in [-0.39, 0.29) is 42.0 Å². The summed E-state index contributed by atoms with van der Waals surface area (Å²) in [5.74, 6) is 0.723. The average molecular weight is 443 g/mol. The number of rotatable bonds is 10. The van der Waals surface area contributed by atoms with Crippen LogP contribution in [0.1, 0.15) is 41.0 Å². The summed E-state index contributed by atoms with van der Waals surface area (Å²) in [4.78, 5) is 15.8. The highest BCUT2D eigenvalue weighted by atomic mass is 127. The molecule has 0 aromatic rings. The lowest BCUT2D eigenvalue weighted by Crippen LogP contribution is -2.39. The molecule has 138 valence electrons. The molecule has 0 bridgehead atoms. The second-order valence-electron chi connectivity index (χ2n) is 5.60. The maximum Gasteiger partial charge on any atom is 0.310 e. The van der Waals surface area contributed by atoms with Gasteiger partial charge in [0, 0.05) is 19.7 Å². The summed E-state index contributed by atoms with van der Waals surface area (Å²) in [6.07, 6.45) is 1.16. The van der Waals surface area contributed by atoms with Crippen molar-refractivity contribution in [1.82, 2.24) is 10.6 Å². The molecule has 0 fully saturated rings. The number of nitrogens with zero attached hydrogens (tertiary/aromatic N) is 1. The number of esters is 1. The Bertz CT molecular complexity index is 339. The van der Waals surface area contributed by atoms with E-state index in [0.29, 0.717) is 12.5 Å². The minimum atomic E-state index is -0.243. The average Bonchev–Trinajstić information content (AvgIpc) is 2.50. The summed E-state index contributed by atoms with van der Waals surface area (Å²) in [7, 11) is 1.39. The highest BCUT2D eigenvalue weighted by Crippen LogP contribution is 2.09. The molecule has 2 atom stereocenters. The third-order valence-corrected chi connectivity index (χ3v) is 3.32. The summed E-state index contributed by atoms with van der Waals surface area (Å²) < 4.78 is 10.4. The van der Waals surface area contributed by atoms with E-state index in [0.717, 1.165) is 32.1 Å². The molecule has 2 N–H and O–H groups in total. The largest absolute Gasteiger partial charge is 0.469 e. The van der Waals surface area contributed by atoms with Gasteiger partial charge in [-0.15, -0.1) is 24.0 Å². The van der Waals surface area contributed by atoms with E-state index in [9.17, 15) is 4.79 Å². The number of ether oxygens (including phenoxy) is 2. The highest BCUT2D eigenvalue weighted by molar-refractivity contribution is 14.0. The van der Waals surface area contributed by atoms with E-state index in [1.165, 1.54) is 7.11 Å². The van der Waals surface area contributed by atoms with Crippen molar-refractivity contribution < 1.29 is 14.3 Å². The molecule has 0 aromatic carbocycles. The number of halogens is 1. The van der Waals surface area contributed by atoms with E-state index in [1.54, 1.807) is 0 Å². The van der Waals surface area contributed by atoms with E-state index in [4.69, 9.17) is 9.47 Å². The molecule has 7 heteroatoms. The lowest BCUT2D eigenvalue weighted by molar-refractivity contribution is -0.144. The molecule has 0 saturated carbocycles. The SMILES string of the molecule is CCNC(=NCC(C)C(=O)OC)NCCC(OCC)C(C)C.I. The van der Waals surface area contributed by atoms with Gasteiger partial charge >= 0.3 is 5.97 Å². The van der Waals surface area contributed by atoms with Gasteiger partial charge in [0.1, 0.15) is 0 Å². The third kappa shape index (κ3) is 11.6. The van der Waals surface area contributed by atoms with Crippen molar-refractivity contribution in [1.29, 1.82) is 0 Å². The molecular weight excluding hydrogens is 409 g/mol. The van der Waals surface area contributed by atoms with Crippen LogP contribution in [0.25, 0.3) is 0 Å². The Morgan fingerprint density at radius 3 is 2.30 bits per heavy atom. The number of nitrogens with one attached hydrogen (secondary N) is 2. The topological polar surface area (TPSA) is 72.0 Å². The molecular formula is C16H34IN3O3. The summed E-state index contributed by atoms with van der Waals surface area (Å²) in [5.41, 5.74) is 0. The van der Waals surface area contributed by atoms with Crippen LogP contribution in [-0.4, -0.2) is 51.4 Å². The maximum absolute atomic E-state index is 11.4. The number of hydrogen-bond donors (Lipinski definition) is 2. The molecule has 0 aliphatic heterocycles. The van der Waals surface area contributed by atoms with Gasteiger partial charge in [0.15, 0.2) is 5.96 Å². The van der Waals surface area contributed by atoms with Crippen molar-refractivity contribution in [2.24, 2.45) is 16.8 Å². The first-order valence-corrected chi connectivity index (χ1v) is 8.17. The zero-order valence-corrected chi connectivity index (χ0v) is 17.7. The highest BCUT2D eigenvalue weighted by Gasteiger charge is 2.14. The lowest BCUT2D eigenvalue weighted by atomic mass is 10.0. The van der Waals surface area contributed by atoms with Crippen molar-refractivity contribution in [2.45, 2.75) is 47.1 Å². The van der Waals surface area contributed by atoms with Gasteiger partial charge in [-0.3, -0.25) is 9.79 Å². The molecule has 0 heterocycles. The quantitative estimate of drug-likeness (QED) is 0.235. The molecule has 0 saturated heterocycles. The number of aliphatic imine (C=N–C) groups is 1. The van der Waals surface area contributed by atoms with Crippen LogP contribution < -0.4 is 10.6 Å². The Hall–Kier alpha value is -0.570. The summed E-state index contributed by atoms with van der Waals surface area (Å²) in [5, 5.41) is 6.46. The zero-order chi connectivity index (χ0) is 17.0. The van der Waals surface area contributed by atoms with Crippen molar-refractivity contribution in [2.75, 3.05) is 33.4 Å². The van der Waals surface area contributed by atoms with Crippen molar-refractivity contribution in [3.05, 3.63) is 0 Å². The minimum Gasteiger partial charge on any atom is -0.469 e. The Labute approximate surface area is 158 Å². The standard InChI is InChI=1S/C16H33N3O3.HI/c1-7-17-16(19-11-13(5)15(20)21-6)18-10-9-14(12(3)4)22-8-2;/h12-14H,7-11H2,1-6H3,(H2,17,18,19);1H. The van der Waals surface area contributed by atoms with Crippen LogP contribution in [0.5, 0.6) is 0 Å². The zero-order valence-electron chi connectivity index (χ0n) is 15.3. The predicted molar refractivity (Wildman–Crippen MR) is 105 cm³/mol. The van der Waals surface area contributed by atoms with E-state index >= 15 is 0 Å². The Morgan fingerprint density at radius 1 is 1.17 bits per heavy atom. The molecule has 0 aliphatic carbocycles. The molecule has 0 spiro atoms. The van der Waals surface area contributed by atoms with E-state index < -0.39 is 0 Å². The molecule has 2 unspecified atom stereocenters. The number of carbonyl (C=O) groups is 1. The molecule has 6 nitrogen and oxygen atoms in total. The number of guanidine groups is 1. The Balaban J connectivity index is 0. The summed E-state index contributed by atoms with van der Waals surface area (Å²) >= 11 is 0. The molecule has 0 radical (unpaired) electrons. The van der Waals surface area contributed by atoms with Gasteiger partial charge in [-0.1, -0.05) is 20.8 Å². The first-order chi connectivity index (χ1) is 10.5. The molecule has 0 aromatic heterocycles. The van der Waals surface area contributed by atoms with Crippen LogP contribution >= 0.6 is 24.0 Å². The monoisotopic (exact) mass is 443 g/mol. The second kappa shape index (κ2) is 15.0. The van der Waals surface area contributed by atoms with Crippen LogP contribution in [0, 0.1) is 11.8 Å². The minimum absolute atomic E-state index is 0.